The summed E-state index contributed by atoms with van der Waals surface area (Å²) in [6.45, 7) is 3.21. The molecule has 1 saturated heterocycles. The Kier molecular flexibility index (Phi) is 7.50. The molecule has 6 nitrogen and oxygen atoms in total. The maximum atomic E-state index is 13.0. The average Bonchev–Trinajstić information content (AvgIpc) is 2.78. The number of sulfonamides is 1. The van der Waals surface area contributed by atoms with Gasteiger partial charge in [-0.1, -0.05) is 37.3 Å². The molecule has 2 aromatic rings. The van der Waals surface area contributed by atoms with E-state index in [0.29, 0.717) is 24.8 Å². The molecule has 0 atom stereocenters. The molecule has 7 heteroatoms. The predicted octanol–water partition coefficient (Wildman–Crippen LogP) is 3.19. The molecule has 0 radical (unpaired) electrons. The van der Waals surface area contributed by atoms with Crippen LogP contribution >= 0.6 is 0 Å². The third-order valence-electron chi connectivity index (χ3n) is 5.70. The fraction of sp³-hybridized carbons (Fsp3) is 0.435. The number of likely N-dealkylation sites (tertiary alicyclic amines) is 1. The van der Waals surface area contributed by atoms with Crippen molar-refractivity contribution in [1.29, 1.82) is 0 Å². The second-order valence-corrected chi connectivity index (χ2v) is 9.56. The summed E-state index contributed by atoms with van der Waals surface area (Å²) in [4.78, 5) is 14.8. The fourth-order valence-electron chi connectivity index (χ4n) is 3.85. The summed E-state index contributed by atoms with van der Waals surface area (Å²) < 4.78 is 32.2. The zero-order valence-electron chi connectivity index (χ0n) is 17.7. The van der Waals surface area contributed by atoms with Gasteiger partial charge in [0.1, 0.15) is 5.75 Å². The quantitative estimate of drug-likeness (QED) is 0.645. The zero-order valence-corrected chi connectivity index (χ0v) is 18.5. The van der Waals surface area contributed by atoms with E-state index in [-0.39, 0.29) is 23.9 Å². The first kappa shape index (κ1) is 22.3. The molecule has 162 valence electrons. The van der Waals surface area contributed by atoms with Crippen molar-refractivity contribution >= 4 is 15.9 Å². The van der Waals surface area contributed by atoms with E-state index < -0.39 is 10.0 Å². The smallest absolute Gasteiger partial charge is 0.243 e. The van der Waals surface area contributed by atoms with Crippen molar-refractivity contribution in [3.05, 3.63) is 60.2 Å². The van der Waals surface area contributed by atoms with Crippen LogP contribution in [0.2, 0.25) is 0 Å². The Morgan fingerprint density at radius 1 is 1.07 bits per heavy atom. The lowest BCUT2D eigenvalue weighted by Crippen LogP contribution is -2.45. The Labute approximate surface area is 179 Å². The minimum absolute atomic E-state index is 0.131. The van der Waals surface area contributed by atoms with Crippen molar-refractivity contribution in [2.24, 2.45) is 5.92 Å². The van der Waals surface area contributed by atoms with Crippen LogP contribution in [-0.2, 0) is 21.2 Å². The molecule has 1 aliphatic rings. The van der Waals surface area contributed by atoms with Gasteiger partial charge in [0.05, 0.1) is 18.6 Å². The van der Waals surface area contributed by atoms with Crippen LogP contribution in [0.5, 0.6) is 5.75 Å². The number of carbonyl (C=O) groups is 1. The van der Waals surface area contributed by atoms with Crippen LogP contribution in [0.25, 0.3) is 0 Å². The Morgan fingerprint density at radius 2 is 1.70 bits per heavy atom. The minimum Gasteiger partial charge on any atom is -0.497 e. The number of hydrogen-bond donors (Lipinski definition) is 0. The number of benzene rings is 2. The van der Waals surface area contributed by atoms with E-state index in [1.807, 2.05) is 6.07 Å². The van der Waals surface area contributed by atoms with Gasteiger partial charge in [0.15, 0.2) is 0 Å². The molecule has 30 heavy (non-hydrogen) atoms. The van der Waals surface area contributed by atoms with Gasteiger partial charge in [-0.2, -0.15) is 4.31 Å². The SMILES string of the molecule is CCN(CC(=O)N1CCC(Cc2ccccc2)CC1)S(=O)(=O)c1ccc(OC)cc1. The number of rotatable bonds is 8. The van der Waals surface area contributed by atoms with Crippen LogP contribution in [0.3, 0.4) is 0 Å². The molecule has 0 bridgehead atoms. The number of amides is 1. The zero-order chi connectivity index (χ0) is 21.6. The average molecular weight is 431 g/mol. The van der Waals surface area contributed by atoms with Gasteiger partial charge in [0.25, 0.3) is 0 Å². The largest absolute Gasteiger partial charge is 0.497 e. The number of nitrogens with zero attached hydrogens (tertiary/aromatic N) is 2. The topological polar surface area (TPSA) is 66.9 Å². The number of hydrogen-bond acceptors (Lipinski definition) is 4. The molecule has 0 saturated carbocycles. The molecular formula is C23H30N2O4S. The molecule has 1 amide bonds. The van der Waals surface area contributed by atoms with E-state index in [9.17, 15) is 13.2 Å². The van der Waals surface area contributed by atoms with Crippen LogP contribution in [-0.4, -0.2) is 56.8 Å². The molecule has 1 aliphatic heterocycles. The molecule has 2 aromatic carbocycles. The van der Waals surface area contributed by atoms with E-state index in [2.05, 4.69) is 24.3 Å². The molecule has 3 rings (SSSR count). The van der Waals surface area contributed by atoms with Crippen LogP contribution in [0.15, 0.2) is 59.5 Å². The van der Waals surface area contributed by atoms with Crippen LogP contribution in [0.4, 0.5) is 0 Å². The van der Waals surface area contributed by atoms with E-state index in [0.717, 1.165) is 19.3 Å². The molecule has 1 fully saturated rings. The second kappa shape index (κ2) is 10.1. The van der Waals surface area contributed by atoms with Gasteiger partial charge in [-0.15, -0.1) is 0 Å². The monoisotopic (exact) mass is 430 g/mol. The molecule has 0 aromatic heterocycles. The Balaban J connectivity index is 1.57. The standard InChI is InChI=1S/C23H30N2O4S/c1-3-25(30(27,28)22-11-9-21(29-2)10-12-22)18-23(26)24-15-13-20(14-16-24)17-19-7-5-4-6-8-19/h4-12,20H,3,13-18H2,1-2H3. The number of carbonyl (C=O) groups excluding carboxylic acids is 1. The molecule has 0 spiro atoms. The van der Waals surface area contributed by atoms with Crippen molar-refractivity contribution in [3.8, 4) is 5.75 Å². The lowest BCUT2D eigenvalue weighted by molar-refractivity contribution is -0.132. The summed E-state index contributed by atoms with van der Waals surface area (Å²) in [7, 11) is -2.20. The van der Waals surface area contributed by atoms with Gasteiger partial charge < -0.3 is 9.64 Å². The summed E-state index contributed by atoms with van der Waals surface area (Å²) in [6, 6.07) is 16.6. The third kappa shape index (κ3) is 5.40. The molecule has 1 heterocycles. The number of ether oxygens (including phenoxy) is 1. The number of piperidine rings is 1. The van der Waals surface area contributed by atoms with E-state index in [1.54, 1.807) is 24.0 Å². The highest BCUT2D eigenvalue weighted by atomic mass is 32.2. The van der Waals surface area contributed by atoms with Crippen molar-refractivity contribution in [2.75, 3.05) is 33.3 Å². The molecule has 0 unspecified atom stereocenters. The summed E-state index contributed by atoms with van der Waals surface area (Å²) in [5.74, 6) is 1.01. The van der Waals surface area contributed by atoms with Gasteiger partial charge in [0, 0.05) is 19.6 Å². The van der Waals surface area contributed by atoms with Crippen molar-refractivity contribution in [3.63, 3.8) is 0 Å². The molecule has 0 N–H and O–H groups in total. The highest BCUT2D eigenvalue weighted by Gasteiger charge is 2.29. The number of methoxy groups -OCH3 is 1. The Bertz CT molecular complexity index is 921. The Hall–Kier alpha value is -2.38. The second-order valence-electron chi connectivity index (χ2n) is 7.62. The van der Waals surface area contributed by atoms with E-state index in [4.69, 9.17) is 4.74 Å². The van der Waals surface area contributed by atoms with E-state index >= 15 is 0 Å². The van der Waals surface area contributed by atoms with Gasteiger partial charge >= 0.3 is 0 Å². The van der Waals surface area contributed by atoms with Gasteiger partial charge in [-0.25, -0.2) is 8.42 Å². The third-order valence-corrected chi connectivity index (χ3v) is 7.63. The highest BCUT2D eigenvalue weighted by molar-refractivity contribution is 7.89. The maximum Gasteiger partial charge on any atom is 0.243 e. The normalized spacial score (nSPS) is 15.4. The van der Waals surface area contributed by atoms with E-state index in [1.165, 1.54) is 29.1 Å². The maximum absolute atomic E-state index is 13.0. The minimum atomic E-state index is -3.73. The predicted molar refractivity (Wildman–Crippen MR) is 117 cm³/mol. The highest BCUT2D eigenvalue weighted by Crippen LogP contribution is 2.23. The summed E-state index contributed by atoms with van der Waals surface area (Å²) >= 11 is 0. The van der Waals surface area contributed by atoms with Crippen LogP contribution < -0.4 is 4.74 Å². The van der Waals surface area contributed by atoms with Crippen LogP contribution in [0.1, 0.15) is 25.3 Å². The molecule has 0 aliphatic carbocycles. The van der Waals surface area contributed by atoms with Crippen molar-refractivity contribution in [1.82, 2.24) is 9.21 Å². The lowest BCUT2D eigenvalue weighted by Gasteiger charge is -2.33. The number of likely N-dealkylation sites (N-methyl/N-ethyl adjacent to an activating group) is 1. The fourth-order valence-corrected chi connectivity index (χ4v) is 5.25. The van der Waals surface area contributed by atoms with Gasteiger partial charge in [-0.3, -0.25) is 4.79 Å². The first-order valence-electron chi connectivity index (χ1n) is 10.4. The first-order chi connectivity index (χ1) is 14.4. The first-order valence-corrected chi connectivity index (χ1v) is 11.8. The molecular weight excluding hydrogens is 400 g/mol. The summed E-state index contributed by atoms with van der Waals surface area (Å²) in [6.07, 6.45) is 2.91. The van der Waals surface area contributed by atoms with Crippen LogP contribution in [0, 0.1) is 5.92 Å². The summed E-state index contributed by atoms with van der Waals surface area (Å²) in [5, 5.41) is 0. The summed E-state index contributed by atoms with van der Waals surface area (Å²) in [5.41, 5.74) is 1.32. The van der Waals surface area contributed by atoms with Crippen molar-refractivity contribution in [2.45, 2.75) is 31.1 Å². The van der Waals surface area contributed by atoms with Gasteiger partial charge in [0.2, 0.25) is 15.9 Å². The van der Waals surface area contributed by atoms with Gasteiger partial charge in [-0.05, 0) is 55.0 Å². The Morgan fingerprint density at radius 3 is 2.27 bits per heavy atom. The lowest BCUT2D eigenvalue weighted by atomic mass is 9.90. The van der Waals surface area contributed by atoms with Crippen molar-refractivity contribution < 1.29 is 17.9 Å².